The lowest BCUT2D eigenvalue weighted by atomic mass is 10.2. The predicted molar refractivity (Wildman–Crippen MR) is 86.8 cm³/mol. The van der Waals surface area contributed by atoms with E-state index in [-0.39, 0.29) is 15.7 Å². The highest BCUT2D eigenvalue weighted by atomic mass is 32.2. The number of carbonyl (C=O) groups is 1. The Morgan fingerprint density at radius 3 is 2.74 bits per heavy atom. The molecule has 8 heteroatoms. The van der Waals surface area contributed by atoms with Crippen molar-refractivity contribution in [2.24, 2.45) is 0 Å². The fourth-order valence-corrected chi connectivity index (χ4v) is 5.40. The van der Waals surface area contributed by atoms with Gasteiger partial charge in [-0.3, -0.25) is 4.79 Å². The van der Waals surface area contributed by atoms with Gasteiger partial charge < -0.3 is 9.73 Å². The van der Waals surface area contributed by atoms with Gasteiger partial charge in [0.1, 0.15) is 9.77 Å². The van der Waals surface area contributed by atoms with Crippen LogP contribution in [-0.2, 0) is 16.6 Å². The van der Waals surface area contributed by atoms with Crippen molar-refractivity contribution in [3.8, 4) is 0 Å². The van der Waals surface area contributed by atoms with E-state index >= 15 is 0 Å². The fourth-order valence-electron chi connectivity index (χ4n) is 2.57. The van der Waals surface area contributed by atoms with Gasteiger partial charge in [-0.1, -0.05) is 6.42 Å². The minimum Gasteiger partial charge on any atom is -0.472 e. The van der Waals surface area contributed by atoms with Crippen molar-refractivity contribution < 1.29 is 17.6 Å². The molecule has 2 aromatic heterocycles. The van der Waals surface area contributed by atoms with Crippen LogP contribution < -0.4 is 5.32 Å². The molecule has 2 aromatic rings. The minimum atomic E-state index is -3.60. The van der Waals surface area contributed by atoms with Crippen molar-refractivity contribution in [1.29, 1.82) is 0 Å². The smallest absolute Gasteiger partial charge is 0.263 e. The lowest BCUT2D eigenvalue weighted by molar-refractivity contribution is 0.0952. The Balaban J connectivity index is 1.77. The Hall–Kier alpha value is -1.64. The van der Waals surface area contributed by atoms with Crippen molar-refractivity contribution in [3.05, 3.63) is 40.5 Å². The van der Waals surface area contributed by atoms with E-state index in [0.29, 0.717) is 19.6 Å². The van der Waals surface area contributed by atoms with Crippen molar-refractivity contribution in [1.82, 2.24) is 9.62 Å². The summed E-state index contributed by atoms with van der Waals surface area (Å²) in [6.45, 7) is 1.35. The maximum atomic E-state index is 12.7. The van der Waals surface area contributed by atoms with Gasteiger partial charge in [-0.25, -0.2) is 8.42 Å². The van der Waals surface area contributed by atoms with Crippen LogP contribution in [0.5, 0.6) is 0 Å². The van der Waals surface area contributed by atoms with Gasteiger partial charge in [0, 0.05) is 25.2 Å². The molecular weight excluding hydrogens is 336 g/mol. The normalized spacial score (nSPS) is 16.3. The van der Waals surface area contributed by atoms with Crippen LogP contribution in [0.25, 0.3) is 0 Å². The summed E-state index contributed by atoms with van der Waals surface area (Å²) in [6.07, 6.45) is 5.85. The number of thiophene rings is 1. The first kappa shape index (κ1) is 16.2. The highest BCUT2D eigenvalue weighted by molar-refractivity contribution is 7.89. The average molecular weight is 354 g/mol. The predicted octanol–water partition coefficient (Wildman–Crippen LogP) is 2.45. The molecule has 1 saturated heterocycles. The number of hydrogen-bond acceptors (Lipinski definition) is 5. The standard InChI is InChI=1S/C15H18N2O4S2/c18-15(16-10-12-4-8-21-11-12)14-13(5-9-22-14)23(19,20)17-6-2-1-3-7-17/h4-5,8-9,11H,1-3,6-7,10H2,(H,16,18). The van der Waals surface area contributed by atoms with Crippen molar-refractivity contribution in [2.45, 2.75) is 30.7 Å². The van der Waals surface area contributed by atoms with Crippen LogP contribution >= 0.6 is 11.3 Å². The molecule has 0 spiro atoms. The first-order chi connectivity index (χ1) is 11.1. The summed E-state index contributed by atoms with van der Waals surface area (Å²) in [6, 6.07) is 3.27. The Kier molecular flexibility index (Phi) is 4.84. The number of rotatable bonds is 5. The maximum Gasteiger partial charge on any atom is 0.263 e. The lowest BCUT2D eigenvalue weighted by Gasteiger charge is -2.25. The van der Waals surface area contributed by atoms with E-state index in [0.717, 1.165) is 36.2 Å². The molecule has 0 aliphatic carbocycles. The number of nitrogens with one attached hydrogen (secondary N) is 1. The zero-order chi connectivity index (χ0) is 16.3. The van der Waals surface area contributed by atoms with Crippen LogP contribution in [-0.4, -0.2) is 31.7 Å². The van der Waals surface area contributed by atoms with E-state index in [1.807, 2.05) is 0 Å². The molecule has 0 radical (unpaired) electrons. The highest BCUT2D eigenvalue weighted by Gasteiger charge is 2.30. The average Bonchev–Trinajstić information content (AvgIpc) is 3.25. The summed E-state index contributed by atoms with van der Waals surface area (Å²) in [4.78, 5) is 12.7. The number of piperidine rings is 1. The third kappa shape index (κ3) is 3.49. The number of nitrogens with zero attached hydrogens (tertiary/aromatic N) is 1. The molecule has 0 saturated carbocycles. The van der Waals surface area contributed by atoms with Crippen LogP contribution in [0.3, 0.4) is 0 Å². The van der Waals surface area contributed by atoms with Crippen LogP contribution in [0, 0.1) is 0 Å². The molecular formula is C15H18N2O4S2. The van der Waals surface area contributed by atoms with Gasteiger partial charge in [0.25, 0.3) is 5.91 Å². The zero-order valence-corrected chi connectivity index (χ0v) is 14.2. The summed E-state index contributed by atoms with van der Waals surface area (Å²) in [7, 11) is -3.60. The number of hydrogen-bond donors (Lipinski definition) is 1. The molecule has 1 fully saturated rings. The molecule has 0 aromatic carbocycles. The van der Waals surface area contributed by atoms with E-state index < -0.39 is 10.0 Å². The number of sulfonamides is 1. The SMILES string of the molecule is O=C(NCc1ccoc1)c1sccc1S(=O)(=O)N1CCCCC1. The Morgan fingerprint density at radius 2 is 2.04 bits per heavy atom. The summed E-state index contributed by atoms with van der Waals surface area (Å²) >= 11 is 1.14. The first-order valence-corrected chi connectivity index (χ1v) is 9.78. The van der Waals surface area contributed by atoms with Crippen molar-refractivity contribution in [3.63, 3.8) is 0 Å². The molecule has 0 bridgehead atoms. The third-order valence-electron chi connectivity index (χ3n) is 3.80. The number of furan rings is 1. The summed E-state index contributed by atoms with van der Waals surface area (Å²) in [5.74, 6) is -0.378. The summed E-state index contributed by atoms with van der Waals surface area (Å²) in [5.41, 5.74) is 0.829. The molecule has 124 valence electrons. The molecule has 3 rings (SSSR count). The lowest BCUT2D eigenvalue weighted by Crippen LogP contribution is -2.36. The maximum absolute atomic E-state index is 12.7. The van der Waals surface area contributed by atoms with Gasteiger partial charge in [-0.15, -0.1) is 11.3 Å². The Bertz CT molecular complexity index is 759. The van der Waals surface area contributed by atoms with Gasteiger partial charge >= 0.3 is 0 Å². The van der Waals surface area contributed by atoms with Crippen molar-refractivity contribution >= 4 is 27.3 Å². The molecule has 6 nitrogen and oxygen atoms in total. The van der Waals surface area contributed by atoms with Gasteiger partial charge in [-0.05, 0) is 30.4 Å². The molecule has 0 unspecified atom stereocenters. The minimum absolute atomic E-state index is 0.106. The largest absolute Gasteiger partial charge is 0.472 e. The second-order valence-corrected chi connectivity index (χ2v) is 8.22. The topological polar surface area (TPSA) is 79.6 Å². The summed E-state index contributed by atoms with van der Waals surface area (Å²) in [5, 5.41) is 4.37. The zero-order valence-electron chi connectivity index (χ0n) is 12.5. The van der Waals surface area contributed by atoms with Gasteiger partial charge in [0.15, 0.2) is 0 Å². The van der Waals surface area contributed by atoms with E-state index in [4.69, 9.17) is 4.42 Å². The van der Waals surface area contributed by atoms with Crippen LogP contribution in [0.15, 0.2) is 39.4 Å². The van der Waals surface area contributed by atoms with E-state index in [9.17, 15) is 13.2 Å². The molecule has 3 heterocycles. The van der Waals surface area contributed by atoms with Crippen molar-refractivity contribution in [2.75, 3.05) is 13.1 Å². The molecule has 1 aliphatic rings. The number of amides is 1. The molecule has 1 aliphatic heterocycles. The van der Waals surface area contributed by atoms with E-state index in [1.54, 1.807) is 17.7 Å². The van der Waals surface area contributed by atoms with E-state index in [1.165, 1.54) is 16.6 Å². The molecule has 23 heavy (non-hydrogen) atoms. The second kappa shape index (κ2) is 6.86. The molecule has 1 amide bonds. The number of carbonyl (C=O) groups excluding carboxylic acids is 1. The van der Waals surface area contributed by atoms with Gasteiger partial charge in [0.2, 0.25) is 10.0 Å². The Morgan fingerprint density at radius 1 is 1.26 bits per heavy atom. The second-order valence-electron chi connectivity index (χ2n) is 5.39. The van der Waals surface area contributed by atoms with Gasteiger partial charge in [-0.2, -0.15) is 4.31 Å². The Labute approximate surface area is 139 Å². The monoisotopic (exact) mass is 354 g/mol. The van der Waals surface area contributed by atoms with Crippen LogP contribution in [0.4, 0.5) is 0 Å². The van der Waals surface area contributed by atoms with E-state index in [2.05, 4.69) is 5.32 Å². The fraction of sp³-hybridized carbons (Fsp3) is 0.400. The molecule has 1 N–H and O–H groups in total. The van der Waals surface area contributed by atoms with Crippen LogP contribution in [0.2, 0.25) is 0 Å². The quantitative estimate of drug-likeness (QED) is 0.894. The third-order valence-corrected chi connectivity index (χ3v) is 6.78. The van der Waals surface area contributed by atoms with Crippen LogP contribution in [0.1, 0.15) is 34.5 Å². The molecule has 0 atom stereocenters. The van der Waals surface area contributed by atoms with Gasteiger partial charge in [0.05, 0.1) is 12.5 Å². The summed E-state index contributed by atoms with van der Waals surface area (Å²) < 4.78 is 31.9. The first-order valence-electron chi connectivity index (χ1n) is 7.46. The highest BCUT2D eigenvalue weighted by Crippen LogP contribution is 2.27.